The second-order valence-corrected chi connectivity index (χ2v) is 8.97. The molecule has 4 rings (SSSR count). The first-order valence-corrected chi connectivity index (χ1v) is 11.0. The molecule has 2 N–H and O–H groups in total. The molecule has 1 fully saturated rings. The summed E-state index contributed by atoms with van der Waals surface area (Å²) < 4.78 is 6.75. The number of carboxylic acids is 1. The number of hydrogen-bond donors (Lipinski definition) is 2. The summed E-state index contributed by atoms with van der Waals surface area (Å²) in [7, 11) is 0. The lowest BCUT2D eigenvalue weighted by atomic mass is 9.90. The van der Waals surface area contributed by atoms with Gasteiger partial charge in [0.25, 0.3) is 11.1 Å². The van der Waals surface area contributed by atoms with Crippen LogP contribution in [-0.2, 0) is 9.59 Å². The molecule has 0 saturated carbocycles. The van der Waals surface area contributed by atoms with Gasteiger partial charge in [-0.3, -0.25) is 19.7 Å². The average molecular weight is 488 g/mol. The van der Waals surface area contributed by atoms with Gasteiger partial charge in [0, 0.05) is 4.47 Å². The third kappa shape index (κ3) is 4.44. The fourth-order valence-electron chi connectivity index (χ4n) is 3.47. The monoisotopic (exact) mass is 487 g/mol. The number of imide groups is 1. The third-order valence-corrected chi connectivity index (χ3v) is 6.86. The number of carboxylic acid groups (broad SMARTS) is 1. The van der Waals surface area contributed by atoms with Gasteiger partial charge in [0.2, 0.25) is 0 Å². The molecule has 0 bridgehead atoms. The van der Waals surface area contributed by atoms with Crippen LogP contribution in [0.2, 0.25) is 0 Å². The zero-order valence-electron chi connectivity index (χ0n) is 15.8. The van der Waals surface area contributed by atoms with Gasteiger partial charge in [-0.1, -0.05) is 18.2 Å². The second-order valence-electron chi connectivity index (χ2n) is 7.16. The smallest absolute Gasteiger partial charge is 0.306 e. The minimum absolute atomic E-state index is 0.289. The van der Waals surface area contributed by atoms with E-state index >= 15 is 0 Å². The highest BCUT2D eigenvalue weighted by atomic mass is 79.9. The van der Waals surface area contributed by atoms with Crippen molar-refractivity contribution in [3.8, 4) is 5.75 Å². The van der Waals surface area contributed by atoms with Gasteiger partial charge in [0.05, 0.1) is 10.8 Å². The Morgan fingerprint density at radius 2 is 2.13 bits per heavy atom. The van der Waals surface area contributed by atoms with Gasteiger partial charge in [-0.05, 0) is 93.1 Å². The molecular weight excluding hydrogens is 470 g/mol. The first-order chi connectivity index (χ1) is 14.4. The molecule has 2 aromatic carbocycles. The van der Waals surface area contributed by atoms with Gasteiger partial charge in [-0.25, -0.2) is 0 Å². The van der Waals surface area contributed by atoms with Crippen LogP contribution in [0, 0.1) is 5.92 Å². The minimum atomic E-state index is -0.736. The van der Waals surface area contributed by atoms with E-state index in [-0.39, 0.29) is 17.1 Å². The number of nitrogens with one attached hydrogen (secondary N) is 1. The van der Waals surface area contributed by atoms with E-state index in [1.165, 1.54) is 0 Å². The average Bonchev–Trinajstić information content (AvgIpc) is 3.05. The van der Waals surface area contributed by atoms with Crippen LogP contribution in [0.5, 0.6) is 5.75 Å². The Labute approximate surface area is 185 Å². The van der Waals surface area contributed by atoms with Crippen LogP contribution in [0.4, 0.5) is 4.79 Å². The van der Waals surface area contributed by atoms with E-state index in [4.69, 9.17) is 9.84 Å². The number of carbonyl (C=O) groups excluding carboxylic acids is 2. The quantitative estimate of drug-likeness (QED) is 0.449. The Morgan fingerprint density at radius 1 is 1.30 bits per heavy atom. The van der Waals surface area contributed by atoms with Crippen LogP contribution >= 0.6 is 27.7 Å². The number of thioether (sulfide) groups is 1. The van der Waals surface area contributed by atoms with Gasteiger partial charge < -0.3 is 9.84 Å². The number of hydrogen-bond acceptors (Lipinski definition) is 5. The molecule has 2 aromatic rings. The van der Waals surface area contributed by atoms with Crippen molar-refractivity contribution in [3.63, 3.8) is 0 Å². The zero-order chi connectivity index (χ0) is 21.3. The van der Waals surface area contributed by atoms with Gasteiger partial charge in [0.1, 0.15) is 12.4 Å². The normalized spacial score (nSPS) is 20.4. The highest BCUT2D eigenvalue weighted by molar-refractivity contribution is 9.10. The fourth-order valence-corrected chi connectivity index (χ4v) is 4.75. The lowest BCUT2D eigenvalue weighted by molar-refractivity contribution is -0.142. The Bertz CT molecular complexity index is 1120. The molecule has 1 aliphatic carbocycles. The number of rotatable bonds is 5. The summed E-state index contributed by atoms with van der Waals surface area (Å²) in [6.07, 6.45) is 5.61. The lowest BCUT2D eigenvalue weighted by Gasteiger charge is -2.19. The minimum Gasteiger partial charge on any atom is -0.489 e. The number of halogens is 1. The van der Waals surface area contributed by atoms with E-state index in [2.05, 4.69) is 21.2 Å². The molecule has 154 valence electrons. The number of fused-ring (bicyclic) bond motifs is 1. The number of aliphatic carboxylic acids is 1. The fraction of sp³-hybridized carbons (Fsp3) is 0.227. The van der Waals surface area contributed by atoms with Crippen LogP contribution < -0.4 is 10.1 Å². The van der Waals surface area contributed by atoms with Crippen molar-refractivity contribution in [1.82, 2.24) is 5.32 Å². The second kappa shape index (κ2) is 8.65. The highest BCUT2D eigenvalue weighted by Crippen LogP contribution is 2.34. The first kappa shape index (κ1) is 20.7. The summed E-state index contributed by atoms with van der Waals surface area (Å²) in [4.78, 5) is 34.5. The molecule has 1 unspecified atom stereocenters. The largest absolute Gasteiger partial charge is 0.489 e. The molecule has 8 heteroatoms. The molecule has 30 heavy (non-hydrogen) atoms. The van der Waals surface area contributed by atoms with Crippen molar-refractivity contribution in [3.05, 3.63) is 56.9 Å². The van der Waals surface area contributed by atoms with Crippen LogP contribution in [-0.4, -0.2) is 28.8 Å². The molecule has 0 spiro atoms. The molecule has 1 atom stereocenters. The van der Waals surface area contributed by atoms with Crippen LogP contribution in [0.1, 0.15) is 24.8 Å². The van der Waals surface area contributed by atoms with E-state index in [9.17, 15) is 14.4 Å². The zero-order valence-corrected chi connectivity index (χ0v) is 18.2. The Hall–Kier alpha value is -2.58. The van der Waals surface area contributed by atoms with Crippen molar-refractivity contribution in [2.75, 3.05) is 6.61 Å². The van der Waals surface area contributed by atoms with Crippen LogP contribution in [0.3, 0.4) is 0 Å². The molecule has 1 saturated heterocycles. The molecule has 0 radical (unpaired) electrons. The first-order valence-electron chi connectivity index (χ1n) is 9.41. The predicted octanol–water partition coefficient (Wildman–Crippen LogP) is 5.12. The van der Waals surface area contributed by atoms with E-state index in [0.717, 1.165) is 50.3 Å². The van der Waals surface area contributed by atoms with Gasteiger partial charge in [-0.15, -0.1) is 0 Å². The molecule has 1 heterocycles. The summed E-state index contributed by atoms with van der Waals surface area (Å²) in [5, 5.41) is 12.9. The standard InChI is InChI=1S/C22H18BrNO5S/c23-19-15(10-18-20(25)24-22(28)30-18)6-5-14-9-16(7-8-17(14)19)29-11-12-1-3-13(4-2-12)21(26)27/h1,5-10,13H,2-4,11H2,(H,26,27)(H,24,25,28)/b18-10-. The van der Waals surface area contributed by atoms with Crippen molar-refractivity contribution in [2.45, 2.75) is 19.3 Å². The van der Waals surface area contributed by atoms with Gasteiger partial charge in [-0.2, -0.15) is 0 Å². The lowest BCUT2D eigenvalue weighted by Crippen LogP contribution is -2.17. The topological polar surface area (TPSA) is 92.7 Å². The molecule has 6 nitrogen and oxygen atoms in total. The molecule has 2 aliphatic rings. The van der Waals surface area contributed by atoms with Crippen molar-refractivity contribution >= 4 is 61.7 Å². The number of benzene rings is 2. The summed E-state index contributed by atoms with van der Waals surface area (Å²) in [5.41, 5.74) is 1.93. The maximum absolute atomic E-state index is 11.8. The SMILES string of the molecule is O=C1NC(=O)/C(=C/c2ccc3cc(OCC4=CCC(C(=O)O)CC4)ccc3c2Br)S1. The molecule has 0 aromatic heterocycles. The van der Waals surface area contributed by atoms with E-state index in [1.54, 1.807) is 6.08 Å². The molecule has 2 amide bonds. The van der Waals surface area contributed by atoms with Crippen molar-refractivity contribution < 1.29 is 24.2 Å². The van der Waals surface area contributed by atoms with Crippen LogP contribution in [0.25, 0.3) is 16.8 Å². The summed E-state index contributed by atoms with van der Waals surface area (Å²) >= 11 is 4.49. The summed E-state index contributed by atoms with van der Waals surface area (Å²) in [6.45, 7) is 0.448. The van der Waals surface area contributed by atoms with E-state index < -0.39 is 5.97 Å². The number of ether oxygens (including phenoxy) is 1. The van der Waals surface area contributed by atoms with Gasteiger partial charge >= 0.3 is 5.97 Å². The van der Waals surface area contributed by atoms with Crippen LogP contribution in [0.15, 0.2) is 51.4 Å². The summed E-state index contributed by atoms with van der Waals surface area (Å²) in [6, 6.07) is 9.60. The van der Waals surface area contributed by atoms with E-state index in [0.29, 0.717) is 24.4 Å². The maximum atomic E-state index is 11.8. The Kier molecular flexibility index (Phi) is 5.97. The van der Waals surface area contributed by atoms with Crippen molar-refractivity contribution in [1.29, 1.82) is 0 Å². The van der Waals surface area contributed by atoms with Gasteiger partial charge in [0.15, 0.2) is 0 Å². The van der Waals surface area contributed by atoms with E-state index in [1.807, 2.05) is 36.4 Å². The molecule has 1 aliphatic heterocycles. The number of carbonyl (C=O) groups is 3. The Morgan fingerprint density at radius 3 is 2.80 bits per heavy atom. The number of amides is 2. The highest BCUT2D eigenvalue weighted by Gasteiger charge is 2.25. The van der Waals surface area contributed by atoms with Crippen molar-refractivity contribution in [2.24, 2.45) is 5.92 Å². The Balaban J connectivity index is 1.49. The number of allylic oxidation sites excluding steroid dienone is 1. The summed E-state index contributed by atoms with van der Waals surface area (Å²) in [5.74, 6) is -0.673. The molecular formula is C22H18BrNO5S. The predicted molar refractivity (Wildman–Crippen MR) is 119 cm³/mol. The maximum Gasteiger partial charge on any atom is 0.306 e. The third-order valence-electron chi connectivity index (χ3n) is 5.16.